The molecule has 0 radical (unpaired) electrons. The number of carbonyl (C=O) groups excluding carboxylic acids is 1. The average Bonchev–Trinajstić information content (AvgIpc) is 3.62. The second-order valence-electron chi connectivity index (χ2n) is 9.61. The van der Waals surface area contributed by atoms with Crippen LogP contribution in [0.4, 0.5) is 22.0 Å². The highest BCUT2D eigenvalue weighted by molar-refractivity contribution is 7.90. The lowest BCUT2D eigenvalue weighted by molar-refractivity contribution is 0.0955. The van der Waals surface area contributed by atoms with Crippen molar-refractivity contribution in [2.75, 3.05) is 80.4 Å². The molecule has 0 aliphatic carbocycles. The number of nitrogens with two attached hydrogens (primary N) is 1. The standard InChI is InChI=1S/C26H32FN9O3S/c1-33(26-30-23-17-20(22-4-3-14-39-22)32-36(23)25(28)31-26)8-9-34-10-12-35(13-11-34)21-6-5-18(16-19(21)27)24(37)29-7-15-40(2)38/h3-6,14,16-17H,7-13,15H2,1-2H3,(H,29,37)(H2,28,30,31)/t40-/m0/s1. The number of nitrogen functional groups attached to an aromatic ring is 1. The first-order valence-electron chi connectivity index (χ1n) is 12.9. The summed E-state index contributed by atoms with van der Waals surface area (Å²) in [5, 5.41) is 7.10. The van der Waals surface area contributed by atoms with Crippen LogP contribution < -0.4 is 20.9 Å². The number of rotatable bonds is 10. The van der Waals surface area contributed by atoms with E-state index in [0.717, 1.165) is 19.6 Å². The Morgan fingerprint density at radius 1 is 1.23 bits per heavy atom. The first-order chi connectivity index (χ1) is 19.3. The van der Waals surface area contributed by atoms with E-state index >= 15 is 0 Å². The van der Waals surface area contributed by atoms with Crippen molar-refractivity contribution in [3.8, 4) is 11.5 Å². The van der Waals surface area contributed by atoms with Crippen molar-refractivity contribution in [3.05, 3.63) is 54.0 Å². The second-order valence-corrected chi connectivity index (χ2v) is 11.2. The van der Waals surface area contributed by atoms with Crippen LogP contribution >= 0.6 is 0 Å². The van der Waals surface area contributed by atoms with Crippen LogP contribution in [0.15, 0.2) is 47.1 Å². The molecule has 0 unspecified atom stereocenters. The van der Waals surface area contributed by atoms with Crippen molar-refractivity contribution in [2.45, 2.75) is 0 Å². The predicted octanol–water partition coefficient (Wildman–Crippen LogP) is 1.47. The van der Waals surface area contributed by atoms with Gasteiger partial charge in [0, 0.05) is 57.9 Å². The monoisotopic (exact) mass is 569 g/mol. The Balaban J connectivity index is 1.13. The highest BCUT2D eigenvalue weighted by Crippen LogP contribution is 2.23. The highest BCUT2D eigenvalue weighted by Gasteiger charge is 2.21. The van der Waals surface area contributed by atoms with E-state index in [1.165, 1.54) is 10.6 Å². The molecule has 1 aliphatic heterocycles. The van der Waals surface area contributed by atoms with Gasteiger partial charge in [-0.3, -0.25) is 9.69 Å². The summed E-state index contributed by atoms with van der Waals surface area (Å²) in [6.45, 7) is 4.59. The van der Waals surface area contributed by atoms with Gasteiger partial charge in [0.05, 0.1) is 24.8 Å². The number of anilines is 3. The fraction of sp³-hybridized carbons (Fsp3) is 0.385. The van der Waals surface area contributed by atoms with Gasteiger partial charge < -0.3 is 29.8 Å². The van der Waals surface area contributed by atoms with Crippen LogP contribution in [0.5, 0.6) is 0 Å². The maximum atomic E-state index is 14.9. The van der Waals surface area contributed by atoms with Crippen molar-refractivity contribution >= 4 is 40.3 Å². The van der Waals surface area contributed by atoms with E-state index in [1.807, 2.05) is 22.9 Å². The molecule has 1 amide bonds. The van der Waals surface area contributed by atoms with Gasteiger partial charge in [0.2, 0.25) is 11.9 Å². The number of likely N-dealkylation sites (N-methyl/N-ethyl adjacent to an activating group) is 1. The van der Waals surface area contributed by atoms with Crippen molar-refractivity contribution in [2.24, 2.45) is 0 Å². The first kappa shape index (κ1) is 27.7. The van der Waals surface area contributed by atoms with Crippen molar-refractivity contribution in [1.29, 1.82) is 0 Å². The molecule has 40 heavy (non-hydrogen) atoms. The Kier molecular flexibility index (Phi) is 8.38. The molecule has 1 fully saturated rings. The van der Waals surface area contributed by atoms with Gasteiger partial charge in [-0.25, -0.2) is 4.39 Å². The number of carbonyl (C=O) groups is 1. The fourth-order valence-electron chi connectivity index (χ4n) is 4.53. The third kappa shape index (κ3) is 6.29. The largest absolute Gasteiger partial charge is 0.617 e. The number of nitrogens with zero attached hydrogens (tertiary/aromatic N) is 7. The zero-order valence-electron chi connectivity index (χ0n) is 22.4. The van der Waals surface area contributed by atoms with Crippen molar-refractivity contribution < 1.29 is 18.2 Å². The Morgan fingerprint density at radius 2 is 2.02 bits per heavy atom. The number of halogens is 1. The minimum absolute atomic E-state index is 0.237. The van der Waals surface area contributed by atoms with Gasteiger partial charge in [0.25, 0.3) is 5.91 Å². The molecule has 5 rings (SSSR count). The summed E-state index contributed by atoms with van der Waals surface area (Å²) in [6.07, 6.45) is 3.16. The zero-order valence-corrected chi connectivity index (χ0v) is 23.2. The Labute approximate surface area is 234 Å². The fourth-order valence-corrected chi connectivity index (χ4v) is 4.92. The molecule has 4 heterocycles. The Morgan fingerprint density at radius 3 is 2.73 bits per heavy atom. The van der Waals surface area contributed by atoms with Crippen molar-refractivity contribution in [3.63, 3.8) is 0 Å². The molecule has 1 aliphatic rings. The number of nitrogens with one attached hydrogen (secondary N) is 1. The van der Waals surface area contributed by atoms with Crippen LogP contribution in [0.25, 0.3) is 17.1 Å². The molecular formula is C26H32FN9O3S. The minimum atomic E-state index is -0.997. The molecule has 212 valence electrons. The summed E-state index contributed by atoms with van der Waals surface area (Å²) in [5.74, 6) is 0.925. The third-order valence-corrected chi connectivity index (χ3v) is 7.58. The summed E-state index contributed by atoms with van der Waals surface area (Å²) < 4.78 is 33.0. The van der Waals surface area contributed by atoms with Crippen LogP contribution in [0.3, 0.4) is 0 Å². The smallest absolute Gasteiger partial charge is 0.251 e. The lowest BCUT2D eigenvalue weighted by atomic mass is 10.1. The SMILES string of the molecule is CN(CCN1CCN(c2ccc(C(=O)NCC[S@+](C)[O-])cc2F)CC1)c1nc(N)n2nc(-c3ccco3)cc2n1. The molecule has 1 saturated heterocycles. The molecule has 3 aromatic heterocycles. The quantitative estimate of drug-likeness (QED) is 0.270. The number of amides is 1. The van der Waals surface area contributed by atoms with E-state index in [-0.39, 0.29) is 24.0 Å². The number of aromatic nitrogens is 4. The molecule has 4 aromatic rings. The Hall–Kier alpha value is -3.88. The number of hydrogen-bond donors (Lipinski definition) is 2. The van der Waals surface area contributed by atoms with Gasteiger partial charge in [-0.1, -0.05) is 11.2 Å². The number of piperazine rings is 1. The van der Waals surface area contributed by atoms with E-state index in [1.54, 1.807) is 36.8 Å². The van der Waals surface area contributed by atoms with E-state index in [2.05, 4.69) is 25.3 Å². The van der Waals surface area contributed by atoms with Crippen LogP contribution in [-0.4, -0.2) is 99.8 Å². The van der Waals surface area contributed by atoms with E-state index in [4.69, 9.17) is 10.2 Å². The molecule has 0 spiro atoms. The lowest BCUT2D eigenvalue weighted by Crippen LogP contribution is -2.48. The number of fused-ring (bicyclic) bond motifs is 1. The van der Waals surface area contributed by atoms with Gasteiger partial charge in [0.15, 0.2) is 11.4 Å². The van der Waals surface area contributed by atoms with Gasteiger partial charge in [0.1, 0.15) is 17.3 Å². The topological polar surface area (TPSA) is 144 Å². The summed E-state index contributed by atoms with van der Waals surface area (Å²) in [5.41, 5.74) is 8.09. The van der Waals surface area contributed by atoms with E-state index in [9.17, 15) is 13.7 Å². The van der Waals surface area contributed by atoms with E-state index in [0.29, 0.717) is 54.1 Å². The van der Waals surface area contributed by atoms with Crippen LogP contribution in [-0.2, 0) is 11.2 Å². The first-order valence-corrected chi connectivity index (χ1v) is 14.6. The molecule has 14 heteroatoms. The molecule has 0 saturated carbocycles. The van der Waals surface area contributed by atoms with Crippen LogP contribution in [0.2, 0.25) is 0 Å². The molecular weight excluding hydrogens is 537 g/mol. The van der Waals surface area contributed by atoms with Crippen LogP contribution in [0, 0.1) is 5.82 Å². The molecule has 12 nitrogen and oxygen atoms in total. The van der Waals surface area contributed by atoms with Gasteiger partial charge in [-0.15, -0.1) is 0 Å². The van der Waals surface area contributed by atoms with E-state index < -0.39 is 17.0 Å². The van der Waals surface area contributed by atoms with Gasteiger partial charge in [-0.05, 0) is 30.3 Å². The number of benzene rings is 1. The summed E-state index contributed by atoms with van der Waals surface area (Å²) in [7, 11) is 1.92. The Bertz CT molecular complexity index is 1460. The van der Waals surface area contributed by atoms with Gasteiger partial charge in [-0.2, -0.15) is 19.6 Å². The van der Waals surface area contributed by atoms with Crippen molar-refractivity contribution in [1.82, 2.24) is 29.8 Å². The van der Waals surface area contributed by atoms with Gasteiger partial charge >= 0.3 is 0 Å². The maximum absolute atomic E-state index is 14.9. The zero-order chi connectivity index (χ0) is 28.2. The third-order valence-electron chi connectivity index (χ3n) is 6.80. The predicted molar refractivity (Wildman–Crippen MR) is 152 cm³/mol. The minimum Gasteiger partial charge on any atom is -0.617 e. The maximum Gasteiger partial charge on any atom is 0.251 e. The summed E-state index contributed by atoms with van der Waals surface area (Å²) in [6, 6.07) is 9.95. The second kappa shape index (κ2) is 12.1. The molecule has 3 N–H and O–H groups in total. The molecule has 0 bridgehead atoms. The molecule has 1 aromatic carbocycles. The molecule has 1 atom stereocenters. The highest BCUT2D eigenvalue weighted by atomic mass is 32.2. The number of furan rings is 1. The normalized spacial score (nSPS) is 14.9. The average molecular weight is 570 g/mol. The lowest BCUT2D eigenvalue weighted by Gasteiger charge is -2.36. The number of hydrogen-bond acceptors (Lipinski definition) is 10. The van der Waals surface area contributed by atoms with Crippen LogP contribution in [0.1, 0.15) is 10.4 Å². The summed E-state index contributed by atoms with van der Waals surface area (Å²) >= 11 is -0.997. The summed E-state index contributed by atoms with van der Waals surface area (Å²) in [4.78, 5) is 27.5.